The van der Waals surface area contributed by atoms with Crippen molar-refractivity contribution < 1.29 is 60.6 Å². The van der Waals surface area contributed by atoms with Crippen molar-refractivity contribution in [2.45, 2.75) is 28.5 Å². The maximum Gasteiger partial charge on any atom is 0.375 e. The molecule has 7 aromatic carbocycles. The molecule has 0 saturated carbocycles. The zero-order chi connectivity index (χ0) is 46.9. The largest absolute Gasteiger partial charge is 0.505 e. The van der Waals surface area contributed by atoms with E-state index in [0.717, 1.165) is 22.9 Å². The lowest BCUT2D eigenvalue weighted by Crippen LogP contribution is -2.04. The van der Waals surface area contributed by atoms with Crippen LogP contribution in [0, 0.1) is 13.8 Å². The normalized spacial score (nSPS) is 12.5. The minimum atomic E-state index is -4.96. The molecule has 22 nitrogen and oxygen atoms in total. The zero-order valence-electron chi connectivity index (χ0n) is 33.6. The highest BCUT2D eigenvalue weighted by Gasteiger charge is 2.24. The van der Waals surface area contributed by atoms with E-state index in [1.807, 2.05) is 0 Å². The molecule has 0 atom stereocenters. The highest BCUT2D eigenvalue weighted by atomic mass is 32.2. The van der Waals surface area contributed by atoms with Crippen LogP contribution in [0.25, 0.3) is 38.3 Å². The molecule has 0 amide bonds. The van der Waals surface area contributed by atoms with Gasteiger partial charge in [0, 0.05) is 21.1 Å². The van der Waals surface area contributed by atoms with E-state index in [1.54, 1.807) is 74.5 Å². The highest BCUT2D eigenvalue weighted by molar-refractivity contribution is 7.94. The molecule has 66 heavy (non-hydrogen) atoms. The van der Waals surface area contributed by atoms with Crippen molar-refractivity contribution in [2.24, 2.45) is 30.7 Å². The Morgan fingerprint density at radius 2 is 1.24 bits per heavy atom. The van der Waals surface area contributed by atoms with Gasteiger partial charge in [0.15, 0.2) is 5.75 Å². The second-order valence-corrected chi connectivity index (χ2v) is 17.6. The quantitative estimate of drug-likeness (QED) is 0.0236. The number of fused-ring (bicyclic) bond motifs is 4. The van der Waals surface area contributed by atoms with Gasteiger partial charge in [0.25, 0.3) is 20.2 Å². The lowest BCUT2D eigenvalue weighted by atomic mass is 10.0. The summed E-state index contributed by atoms with van der Waals surface area (Å²) in [6.07, 6.45) is 0. The Balaban J connectivity index is 1.05. The summed E-state index contributed by atoms with van der Waals surface area (Å²) in [7, 11) is -9.89. The molecule has 0 unspecified atom stereocenters. The Labute approximate surface area is 375 Å². The molecule has 0 radical (unpaired) electrons. The molecule has 0 spiro atoms. The molecule has 8 rings (SSSR count). The number of carbonyl (C=O) groups is 1. The first kappa shape index (κ1) is 45.1. The third-order valence-corrected chi connectivity index (χ3v) is 12.1. The summed E-state index contributed by atoms with van der Waals surface area (Å²) in [6, 6.07) is 27.1. The minimum absolute atomic E-state index is 0.00206. The van der Waals surface area contributed by atoms with Crippen LogP contribution in [0.1, 0.15) is 21.5 Å². The van der Waals surface area contributed by atoms with E-state index in [4.69, 9.17) is 5.26 Å². The molecule has 0 bridgehead atoms. The van der Waals surface area contributed by atoms with Gasteiger partial charge >= 0.3 is 5.97 Å². The van der Waals surface area contributed by atoms with Crippen LogP contribution in [0.5, 0.6) is 5.75 Å². The van der Waals surface area contributed by atoms with Crippen molar-refractivity contribution in [3.8, 4) is 11.4 Å². The minimum Gasteiger partial charge on any atom is -0.505 e. The van der Waals surface area contributed by atoms with Crippen LogP contribution in [0.3, 0.4) is 0 Å². The number of hydrogen-bond donors (Lipinski definition) is 5. The van der Waals surface area contributed by atoms with Crippen LogP contribution < -0.4 is 0 Å². The van der Waals surface area contributed by atoms with Gasteiger partial charge in [-0.1, -0.05) is 11.1 Å². The fourth-order valence-electron chi connectivity index (χ4n) is 6.57. The van der Waals surface area contributed by atoms with Gasteiger partial charge in [-0.25, -0.2) is 10.1 Å². The molecular weight excluding hydrogens is 923 g/mol. The summed E-state index contributed by atoms with van der Waals surface area (Å²) >= 11 is 0.825. The maximum absolute atomic E-state index is 12.9. The number of benzene rings is 7. The molecule has 0 aliphatic carbocycles. The van der Waals surface area contributed by atoms with E-state index in [9.17, 15) is 41.1 Å². The Bertz CT molecular complexity index is 3570. The number of nitrogens with zero attached hydrogens (tertiary/aromatic N) is 9. The van der Waals surface area contributed by atoms with Crippen molar-refractivity contribution in [1.82, 2.24) is 15.0 Å². The summed E-state index contributed by atoms with van der Waals surface area (Å²) in [5.41, 5.74) is 3.58. The molecule has 1 heterocycles. The molecule has 0 aliphatic heterocycles. The third kappa shape index (κ3) is 9.49. The van der Waals surface area contributed by atoms with Crippen molar-refractivity contribution in [2.75, 3.05) is 0 Å². The van der Waals surface area contributed by atoms with Gasteiger partial charge in [0.2, 0.25) is 0 Å². The summed E-state index contributed by atoms with van der Waals surface area (Å²) in [6.45, 7) is 3.53. The van der Waals surface area contributed by atoms with Crippen LogP contribution >= 0.6 is 12.0 Å². The molecule has 5 N–H and O–H groups in total. The highest BCUT2D eigenvalue weighted by Crippen LogP contribution is 2.41. The number of phenols is 1. The zero-order valence-corrected chi connectivity index (χ0v) is 36.1. The Hall–Kier alpha value is -7.46. The number of aryl methyl sites for hydroxylation is 2. The molecule has 0 aliphatic rings. The molecule has 25 heteroatoms. The molecular formula is C41H29N9O13S3. The third-order valence-electron chi connectivity index (χ3n) is 9.77. The lowest BCUT2D eigenvalue weighted by molar-refractivity contribution is -0.432. The van der Waals surface area contributed by atoms with Crippen molar-refractivity contribution >= 4 is 105 Å². The molecule has 1 aromatic heterocycles. The van der Waals surface area contributed by atoms with Gasteiger partial charge in [0.1, 0.15) is 21.6 Å². The van der Waals surface area contributed by atoms with E-state index in [1.165, 1.54) is 36.4 Å². The standard InChI is InChI=1S/C41H29N9O13S3/c1-21-16-36(22(2)15-35(21)45-44-25-5-3-24(4-6-25)42-43-26-7-10-28(11-8-26)64-63-62-54)46-47-39-33(41(52)61-53)18-23-17-27(9-12-30(23)40(39)51)50-48-34-14-13-31-32(38(34)49-50)19-29(65(55,56)57)20-37(31)66(58,59)60/h3-20,51,53-54H,1-2H3,(H,55,56,57)(H,58,59,60). The lowest BCUT2D eigenvalue weighted by Gasteiger charge is -2.10. The number of aromatic nitrogens is 3. The average molecular weight is 952 g/mol. The van der Waals surface area contributed by atoms with Gasteiger partial charge in [0.05, 0.1) is 56.6 Å². The van der Waals surface area contributed by atoms with Gasteiger partial charge in [-0.05, 0) is 133 Å². The van der Waals surface area contributed by atoms with Gasteiger partial charge in [-0.15, -0.1) is 19.6 Å². The van der Waals surface area contributed by atoms with E-state index >= 15 is 0 Å². The number of phenolic OH excluding ortho intramolecular Hbond substituents is 1. The summed E-state index contributed by atoms with van der Waals surface area (Å²) in [5, 5.41) is 67.3. The second kappa shape index (κ2) is 18.2. The maximum atomic E-state index is 12.9. The Morgan fingerprint density at radius 1 is 0.652 bits per heavy atom. The summed E-state index contributed by atoms with van der Waals surface area (Å²) < 4.78 is 72.3. The Morgan fingerprint density at radius 3 is 1.83 bits per heavy atom. The van der Waals surface area contributed by atoms with Crippen molar-refractivity contribution in [3.05, 3.63) is 126 Å². The summed E-state index contributed by atoms with van der Waals surface area (Å²) in [4.78, 5) is 17.1. The van der Waals surface area contributed by atoms with Crippen molar-refractivity contribution in [1.29, 1.82) is 0 Å². The van der Waals surface area contributed by atoms with Crippen LogP contribution in [-0.2, 0) is 34.5 Å². The van der Waals surface area contributed by atoms with Gasteiger partial charge < -0.3 is 5.11 Å². The average Bonchev–Trinajstić information content (AvgIpc) is 3.75. The first-order valence-electron chi connectivity index (χ1n) is 18.7. The molecule has 0 saturated heterocycles. The number of carbonyl (C=O) groups excluding carboxylic acids is 1. The summed E-state index contributed by atoms with van der Waals surface area (Å²) in [5.74, 6) is -1.76. The van der Waals surface area contributed by atoms with E-state index in [0.29, 0.717) is 50.5 Å². The van der Waals surface area contributed by atoms with Crippen LogP contribution in [0.4, 0.5) is 34.1 Å². The predicted molar refractivity (Wildman–Crippen MR) is 235 cm³/mol. The topological polar surface area (TPSA) is 319 Å². The fourth-order valence-corrected chi connectivity index (χ4v) is 8.26. The first-order chi connectivity index (χ1) is 31.5. The van der Waals surface area contributed by atoms with Crippen molar-refractivity contribution in [3.63, 3.8) is 0 Å². The molecule has 8 aromatic rings. The van der Waals surface area contributed by atoms with Crippen LogP contribution in [-0.4, -0.2) is 62.5 Å². The van der Waals surface area contributed by atoms with Crippen LogP contribution in [0.15, 0.2) is 155 Å². The first-order valence-corrected chi connectivity index (χ1v) is 22.3. The molecule has 334 valence electrons. The fraction of sp³-hybridized carbons (Fsp3) is 0.0488. The number of azo groups is 3. The smallest absolute Gasteiger partial charge is 0.375 e. The number of rotatable bonds is 13. The SMILES string of the molecule is Cc1cc(N=Nc2c(C(=O)OO)cc3cc(-n4nc5ccc6c(S(=O)(=O)O)cc(S(=O)(=O)O)cc6c5n4)ccc3c2O)c(C)cc1N=Nc1ccc(N=Nc2ccc(SOOO)cc2)cc1. The second-order valence-electron chi connectivity index (χ2n) is 14.1. The Kier molecular flexibility index (Phi) is 12.4. The van der Waals surface area contributed by atoms with Gasteiger partial charge in [-0.2, -0.15) is 52.5 Å². The monoisotopic (exact) mass is 951 g/mol. The van der Waals surface area contributed by atoms with E-state index < -0.39 is 41.7 Å². The van der Waals surface area contributed by atoms with Crippen LogP contribution in [0.2, 0.25) is 0 Å². The predicted octanol–water partition coefficient (Wildman–Crippen LogP) is 10.8. The van der Waals surface area contributed by atoms with Gasteiger partial charge in [-0.3, -0.25) is 14.0 Å². The van der Waals surface area contributed by atoms with E-state index in [2.05, 4.69) is 55.1 Å². The number of hydrogen-bond acceptors (Lipinski definition) is 20. The molecule has 0 fully saturated rings. The number of aromatic hydroxyl groups is 1. The van der Waals surface area contributed by atoms with E-state index in [-0.39, 0.29) is 49.5 Å².